The molecule has 21 heavy (non-hydrogen) atoms. The van der Waals surface area contributed by atoms with Gasteiger partial charge in [-0.2, -0.15) is 19.0 Å². The van der Waals surface area contributed by atoms with Gasteiger partial charge in [-0.15, -0.1) is 0 Å². The first-order valence-electron chi connectivity index (χ1n) is 6.77. The Bertz CT molecular complexity index is 602. The van der Waals surface area contributed by atoms with Gasteiger partial charge in [0.25, 0.3) is 5.91 Å². The first-order chi connectivity index (χ1) is 10.1. The maximum absolute atomic E-state index is 12.5. The van der Waals surface area contributed by atoms with E-state index in [0.29, 0.717) is 23.7 Å². The predicted octanol–water partition coefficient (Wildman–Crippen LogP) is 2.02. The highest BCUT2D eigenvalue weighted by atomic mass is 19.3. The summed E-state index contributed by atoms with van der Waals surface area (Å²) in [6.07, 6.45) is 4.48. The van der Waals surface area contributed by atoms with Gasteiger partial charge in [-0.1, -0.05) is 0 Å². The van der Waals surface area contributed by atoms with Gasteiger partial charge < -0.3 is 4.90 Å². The SMILES string of the molecule is O=C(c1ccn(C(F)F)n1)N1CCC(c2ccn[nH]2)CC1. The number of carbonyl (C=O) groups excluding carboxylic acids is 1. The first-order valence-corrected chi connectivity index (χ1v) is 6.77. The lowest BCUT2D eigenvalue weighted by Gasteiger charge is -2.31. The number of hydrogen-bond donors (Lipinski definition) is 1. The number of aromatic nitrogens is 4. The van der Waals surface area contributed by atoms with Crippen molar-refractivity contribution in [3.63, 3.8) is 0 Å². The predicted molar refractivity (Wildman–Crippen MR) is 69.9 cm³/mol. The molecule has 0 unspecified atom stereocenters. The highest BCUT2D eigenvalue weighted by molar-refractivity contribution is 5.92. The Labute approximate surface area is 119 Å². The smallest absolute Gasteiger partial charge is 0.333 e. The van der Waals surface area contributed by atoms with Gasteiger partial charge in [0.1, 0.15) is 0 Å². The molecule has 0 atom stereocenters. The summed E-state index contributed by atoms with van der Waals surface area (Å²) in [5, 5.41) is 10.5. The maximum Gasteiger partial charge on any atom is 0.333 e. The third kappa shape index (κ3) is 2.79. The van der Waals surface area contributed by atoms with E-state index < -0.39 is 6.55 Å². The summed E-state index contributed by atoms with van der Waals surface area (Å²) in [5.41, 5.74) is 1.14. The number of likely N-dealkylation sites (tertiary alicyclic amines) is 1. The van der Waals surface area contributed by atoms with Crippen molar-refractivity contribution >= 4 is 5.91 Å². The number of nitrogens with zero attached hydrogens (tertiary/aromatic N) is 4. The number of aromatic amines is 1. The Morgan fingerprint density at radius 2 is 2.10 bits per heavy atom. The molecule has 1 fully saturated rings. The Kier molecular flexibility index (Phi) is 3.68. The molecule has 1 aliphatic heterocycles. The van der Waals surface area contributed by atoms with E-state index in [4.69, 9.17) is 0 Å². The van der Waals surface area contributed by atoms with Crippen LogP contribution in [0.1, 0.15) is 41.5 Å². The van der Waals surface area contributed by atoms with Crippen LogP contribution in [-0.2, 0) is 0 Å². The number of amides is 1. The van der Waals surface area contributed by atoms with Gasteiger partial charge >= 0.3 is 6.55 Å². The quantitative estimate of drug-likeness (QED) is 0.942. The fourth-order valence-electron chi connectivity index (χ4n) is 2.61. The van der Waals surface area contributed by atoms with Gasteiger partial charge in [0, 0.05) is 37.1 Å². The van der Waals surface area contributed by atoms with Crippen molar-refractivity contribution in [1.82, 2.24) is 24.9 Å². The molecule has 1 amide bonds. The molecule has 0 saturated carbocycles. The van der Waals surface area contributed by atoms with Gasteiger partial charge in [-0.05, 0) is 25.0 Å². The summed E-state index contributed by atoms with van der Waals surface area (Å²) in [6.45, 7) is -1.55. The van der Waals surface area contributed by atoms with Gasteiger partial charge in [0.2, 0.25) is 0 Å². The third-order valence-electron chi connectivity index (χ3n) is 3.77. The molecule has 1 aliphatic rings. The van der Waals surface area contributed by atoms with Crippen LogP contribution in [0.2, 0.25) is 0 Å². The largest absolute Gasteiger partial charge is 0.337 e. The first kappa shape index (κ1) is 13.7. The van der Waals surface area contributed by atoms with E-state index in [2.05, 4.69) is 15.3 Å². The number of carbonyl (C=O) groups is 1. The molecular weight excluding hydrogens is 280 g/mol. The highest BCUT2D eigenvalue weighted by Gasteiger charge is 2.26. The molecule has 8 heteroatoms. The summed E-state index contributed by atoms with van der Waals surface area (Å²) in [6, 6.07) is 3.27. The molecule has 0 bridgehead atoms. The number of halogens is 2. The lowest BCUT2D eigenvalue weighted by Crippen LogP contribution is -2.38. The van der Waals surface area contributed by atoms with E-state index in [1.54, 1.807) is 11.1 Å². The zero-order chi connectivity index (χ0) is 14.8. The molecule has 2 aromatic heterocycles. The van der Waals surface area contributed by atoms with Crippen LogP contribution in [-0.4, -0.2) is 43.9 Å². The normalized spacial score (nSPS) is 16.6. The van der Waals surface area contributed by atoms with Gasteiger partial charge in [-0.25, -0.2) is 4.68 Å². The van der Waals surface area contributed by atoms with Crippen LogP contribution in [0.5, 0.6) is 0 Å². The summed E-state index contributed by atoms with van der Waals surface area (Å²) in [7, 11) is 0. The molecule has 0 aromatic carbocycles. The Morgan fingerprint density at radius 3 is 2.67 bits per heavy atom. The molecule has 1 saturated heterocycles. The van der Waals surface area contributed by atoms with Crippen molar-refractivity contribution in [2.45, 2.75) is 25.3 Å². The van der Waals surface area contributed by atoms with Crippen molar-refractivity contribution < 1.29 is 13.6 Å². The van der Waals surface area contributed by atoms with Gasteiger partial charge in [0.15, 0.2) is 5.69 Å². The molecule has 6 nitrogen and oxygen atoms in total. The average Bonchev–Trinajstić information content (AvgIpc) is 3.18. The number of hydrogen-bond acceptors (Lipinski definition) is 3. The fourth-order valence-corrected chi connectivity index (χ4v) is 2.61. The molecular formula is C13H15F2N5O. The zero-order valence-electron chi connectivity index (χ0n) is 11.2. The Morgan fingerprint density at radius 1 is 1.33 bits per heavy atom. The number of H-pyrrole nitrogens is 1. The topological polar surface area (TPSA) is 66.8 Å². The second-order valence-corrected chi connectivity index (χ2v) is 5.04. The van der Waals surface area contributed by atoms with Crippen LogP contribution in [0.15, 0.2) is 24.5 Å². The molecule has 2 aromatic rings. The van der Waals surface area contributed by atoms with E-state index >= 15 is 0 Å². The van der Waals surface area contributed by atoms with E-state index in [1.165, 1.54) is 6.07 Å². The minimum atomic E-state index is -2.72. The average molecular weight is 295 g/mol. The zero-order valence-corrected chi connectivity index (χ0v) is 11.2. The van der Waals surface area contributed by atoms with Crippen LogP contribution in [0.3, 0.4) is 0 Å². The monoisotopic (exact) mass is 295 g/mol. The number of piperidine rings is 1. The van der Waals surface area contributed by atoms with Crippen LogP contribution in [0, 0.1) is 0 Å². The van der Waals surface area contributed by atoms with E-state index in [9.17, 15) is 13.6 Å². The molecule has 3 rings (SSSR count). The summed E-state index contributed by atoms with van der Waals surface area (Å²) in [4.78, 5) is 13.9. The standard InChI is InChI=1S/C13H15F2N5O/c14-13(15)20-8-4-11(18-20)12(21)19-6-2-9(3-7-19)10-1-5-16-17-10/h1,4-5,8-9,13H,2-3,6-7H2,(H,16,17). The molecule has 3 heterocycles. The second-order valence-electron chi connectivity index (χ2n) is 5.04. The van der Waals surface area contributed by atoms with Crippen LogP contribution >= 0.6 is 0 Å². The number of alkyl halides is 2. The van der Waals surface area contributed by atoms with Crippen LogP contribution in [0.4, 0.5) is 8.78 Å². The van der Waals surface area contributed by atoms with Crippen LogP contribution in [0.25, 0.3) is 0 Å². The molecule has 1 N–H and O–H groups in total. The lowest BCUT2D eigenvalue weighted by atomic mass is 9.93. The molecule has 0 aliphatic carbocycles. The molecule has 0 radical (unpaired) electrons. The molecule has 112 valence electrons. The van der Waals surface area contributed by atoms with Gasteiger partial charge in [0.05, 0.1) is 0 Å². The minimum absolute atomic E-state index is 0.0651. The van der Waals surface area contributed by atoms with Crippen molar-refractivity contribution in [1.29, 1.82) is 0 Å². The summed E-state index contributed by atoms with van der Waals surface area (Å²) in [5.74, 6) is 0.0626. The third-order valence-corrected chi connectivity index (χ3v) is 3.77. The number of rotatable bonds is 3. The maximum atomic E-state index is 12.5. The van der Waals surface area contributed by atoms with E-state index in [1.807, 2.05) is 6.07 Å². The van der Waals surface area contributed by atoms with Crippen molar-refractivity contribution in [3.05, 3.63) is 35.9 Å². The Balaban J connectivity index is 1.62. The van der Waals surface area contributed by atoms with Gasteiger partial charge in [-0.3, -0.25) is 9.89 Å². The van der Waals surface area contributed by atoms with E-state index in [0.717, 1.165) is 24.7 Å². The van der Waals surface area contributed by atoms with Crippen molar-refractivity contribution in [3.8, 4) is 0 Å². The van der Waals surface area contributed by atoms with Crippen molar-refractivity contribution in [2.24, 2.45) is 0 Å². The fraction of sp³-hybridized carbons (Fsp3) is 0.462. The minimum Gasteiger partial charge on any atom is -0.337 e. The van der Waals surface area contributed by atoms with Crippen LogP contribution < -0.4 is 0 Å². The highest BCUT2D eigenvalue weighted by Crippen LogP contribution is 2.26. The molecule has 0 spiro atoms. The van der Waals surface area contributed by atoms with Crippen molar-refractivity contribution in [2.75, 3.05) is 13.1 Å². The Hall–Kier alpha value is -2.25. The second kappa shape index (κ2) is 5.63. The summed E-state index contributed by atoms with van der Waals surface area (Å²) < 4.78 is 25.4. The summed E-state index contributed by atoms with van der Waals surface area (Å²) >= 11 is 0. The lowest BCUT2D eigenvalue weighted by molar-refractivity contribution is 0.0547. The number of nitrogens with one attached hydrogen (secondary N) is 1. The van der Waals surface area contributed by atoms with E-state index in [-0.39, 0.29) is 11.6 Å².